The highest BCUT2D eigenvalue weighted by molar-refractivity contribution is 7.99. The van der Waals surface area contributed by atoms with Gasteiger partial charge in [0.1, 0.15) is 5.75 Å². The molecular formula is C32H32N4O8S. The fraction of sp³-hybridized carbons (Fsp3) is 0.312. The molecule has 0 saturated carbocycles. The van der Waals surface area contributed by atoms with Gasteiger partial charge in [-0.2, -0.15) is 0 Å². The van der Waals surface area contributed by atoms with Gasteiger partial charge >= 0.3 is 0 Å². The minimum absolute atomic E-state index is 0.0449. The number of rotatable bonds is 13. The lowest BCUT2D eigenvalue weighted by atomic mass is 10.1. The molecule has 45 heavy (non-hydrogen) atoms. The normalized spacial score (nSPS) is 12.7. The highest BCUT2D eigenvalue weighted by Gasteiger charge is 2.20. The highest BCUT2D eigenvalue weighted by Crippen LogP contribution is 2.35. The molecule has 0 aliphatic carbocycles. The van der Waals surface area contributed by atoms with Crippen LogP contribution < -0.4 is 39.9 Å². The average molecular weight is 633 g/mol. The van der Waals surface area contributed by atoms with E-state index in [0.29, 0.717) is 82.8 Å². The minimum Gasteiger partial charge on any atom is -0.497 e. The number of nitrogens with zero attached hydrogens (tertiary/aromatic N) is 2. The molecule has 0 spiro atoms. The molecule has 2 aliphatic heterocycles. The number of carbonyl (C=O) groups excluding carboxylic acids is 2. The Morgan fingerprint density at radius 3 is 2.51 bits per heavy atom. The Kier molecular flexibility index (Phi) is 9.24. The zero-order valence-electron chi connectivity index (χ0n) is 24.6. The summed E-state index contributed by atoms with van der Waals surface area (Å²) in [7, 11) is 1.56. The lowest BCUT2D eigenvalue weighted by Gasteiger charge is -2.14. The van der Waals surface area contributed by atoms with E-state index in [2.05, 4.69) is 10.6 Å². The van der Waals surface area contributed by atoms with Crippen molar-refractivity contribution in [3.63, 3.8) is 0 Å². The maximum Gasteiger partial charge on any atom is 0.262 e. The molecule has 0 fully saturated rings. The standard InChI is InChI=1S/C32H32N4O8S/c1-40-22-7-5-6-21(13-22)34-30(38)17-45-32-35-24-15-28-27(43-19-44-28)14-23(24)31(39)36(32)11-4-2-3-8-29(37)33-16-20-9-10-25-26(12-20)42-18-41-25/h5-7,9-10,12-15H,2-4,8,11,16-19H2,1H3,(H,33,37)(H,34,38). The predicted molar refractivity (Wildman–Crippen MR) is 167 cm³/mol. The summed E-state index contributed by atoms with van der Waals surface area (Å²) < 4.78 is 28.5. The Labute approximate surface area is 263 Å². The Morgan fingerprint density at radius 2 is 1.69 bits per heavy atom. The van der Waals surface area contributed by atoms with E-state index < -0.39 is 0 Å². The summed E-state index contributed by atoms with van der Waals surface area (Å²) in [6, 6.07) is 16.0. The number of amides is 2. The Hall–Kier alpha value is -4.91. The van der Waals surface area contributed by atoms with Crippen molar-refractivity contribution in [2.75, 3.05) is 31.8 Å². The van der Waals surface area contributed by atoms with Gasteiger partial charge in [0.15, 0.2) is 28.2 Å². The van der Waals surface area contributed by atoms with Crippen LogP contribution in [0.15, 0.2) is 64.5 Å². The second kappa shape index (κ2) is 13.8. The second-order valence-corrected chi connectivity index (χ2v) is 11.4. The molecule has 0 atom stereocenters. The van der Waals surface area contributed by atoms with Gasteiger partial charge in [-0.05, 0) is 48.7 Å². The number of nitrogens with one attached hydrogen (secondary N) is 2. The summed E-state index contributed by atoms with van der Waals surface area (Å²) in [5.74, 6) is 2.79. The smallest absolute Gasteiger partial charge is 0.262 e. The third-order valence-corrected chi connectivity index (χ3v) is 8.29. The number of hydrogen-bond acceptors (Lipinski definition) is 10. The van der Waals surface area contributed by atoms with Crippen molar-refractivity contribution in [3.05, 3.63) is 70.5 Å². The van der Waals surface area contributed by atoms with E-state index in [-0.39, 0.29) is 36.7 Å². The summed E-state index contributed by atoms with van der Waals surface area (Å²) in [6.45, 7) is 1.07. The van der Waals surface area contributed by atoms with Gasteiger partial charge in [-0.15, -0.1) is 0 Å². The van der Waals surface area contributed by atoms with Gasteiger partial charge in [0.25, 0.3) is 5.56 Å². The fourth-order valence-corrected chi connectivity index (χ4v) is 5.82. The van der Waals surface area contributed by atoms with Gasteiger partial charge in [0.05, 0.1) is 23.8 Å². The summed E-state index contributed by atoms with van der Waals surface area (Å²) in [5, 5.41) is 6.63. The largest absolute Gasteiger partial charge is 0.497 e. The van der Waals surface area contributed by atoms with Crippen molar-refractivity contribution in [3.8, 4) is 28.7 Å². The first-order valence-corrected chi connectivity index (χ1v) is 15.5. The first-order chi connectivity index (χ1) is 22.0. The van der Waals surface area contributed by atoms with Crippen molar-refractivity contribution in [1.29, 1.82) is 0 Å². The van der Waals surface area contributed by atoms with Crippen LogP contribution in [0.4, 0.5) is 5.69 Å². The third kappa shape index (κ3) is 7.26. The number of anilines is 1. The highest BCUT2D eigenvalue weighted by atomic mass is 32.2. The summed E-state index contributed by atoms with van der Waals surface area (Å²) in [6.07, 6.45) is 2.40. The van der Waals surface area contributed by atoms with Crippen LogP contribution in [-0.4, -0.2) is 47.8 Å². The molecule has 2 N–H and O–H groups in total. The van der Waals surface area contributed by atoms with E-state index in [4.69, 9.17) is 28.7 Å². The number of unbranched alkanes of at least 4 members (excludes halogenated alkanes) is 2. The molecule has 12 nitrogen and oxygen atoms in total. The molecule has 6 rings (SSSR count). The lowest BCUT2D eigenvalue weighted by molar-refractivity contribution is -0.121. The Bertz CT molecular complexity index is 1790. The third-order valence-electron chi connectivity index (χ3n) is 7.31. The number of fused-ring (bicyclic) bond motifs is 3. The summed E-state index contributed by atoms with van der Waals surface area (Å²) in [5.41, 5.74) is 1.78. The number of hydrogen-bond donors (Lipinski definition) is 2. The monoisotopic (exact) mass is 632 g/mol. The van der Waals surface area contributed by atoms with Crippen LogP contribution in [0, 0.1) is 0 Å². The Morgan fingerprint density at radius 1 is 0.911 bits per heavy atom. The molecule has 13 heteroatoms. The van der Waals surface area contributed by atoms with Gasteiger partial charge in [0, 0.05) is 37.3 Å². The zero-order chi connectivity index (χ0) is 31.2. The topological polar surface area (TPSA) is 139 Å². The van der Waals surface area contributed by atoms with Crippen molar-refractivity contribution in [2.24, 2.45) is 0 Å². The predicted octanol–water partition coefficient (Wildman–Crippen LogP) is 4.47. The maximum atomic E-state index is 13.6. The number of ether oxygens (including phenoxy) is 5. The van der Waals surface area contributed by atoms with Gasteiger partial charge in [0.2, 0.25) is 25.4 Å². The first-order valence-electron chi connectivity index (χ1n) is 14.5. The number of methoxy groups -OCH3 is 1. The molecular weight excluding hydrogens is 600 g/mol. The Balaban J connectivity index is 1.06. The van der Waals surface area contributed by atoms with Crippen molar-refractivity contribution < 1.29 is 33.3 Å². The SMILES string of the molecule is COc1cccc(NC(=O)CSc2nc3cc4c(cc3c(=O)n2CCCCCC(=O)NCc2ccc3c(c2)OCO3)OCO4)c1. The fourth-order valence-electron chi connectivity index (χ4n) is 5.00. The average Bonchev–Trinajstić information content (AvgIpc) is 3.72. The number of benzene rings is 3. The van der Waals surface area contributed by atoms with E-state index in [1.54, 1.807) is 48.1 Å². The molecule has 2 aliphatic rings. The van der Waals surface area contributed by atoms with Gasteiger partial charge < -0.3 is 34.3 Å². The molecule has 0 unspecified atom stereocenters. The molecule has 3 aromatic carbocycles. The summed E-state index contributed by atoms with van der Waals surface area (Å²) >= 11 is 1.18. The van der Waals surface area contributed by atoms with Crippen LogP contribution >= 0.6 is 11.8 Å². The van der Waals surface area contributed by atoms with Crippen molar-refractivity contribution >= 4 is 40.2 Å². The molecule has 0 bridgehead atoms. The van der Waals surface area contributed by atoms with E-state index in [9.17, 15) is 14.4 Å². The molecule has 2 amide bonds. The minimum atomic E-state index is -0.244. The van der Waals surface area contributed by atoms with E-state index >= 15 is 0 Å². The first kappa shape index (κ1) is 30.1. The quantitative estimate of drug-likeness (QED) is 0.123. The molecule has 0 saturated heterocycles. The second-order valence-electron chi connectivity index (χ2n) is 10.4. The van der Waals surface area contributed by atoms with Crippen LogP contribution in [0.3, 0.4) is 0 Å². The van der Waals surface area contributed by atoms with Gasteiger partial charge in [-0.25, -0.2) is 4.98 Å². The van der Waals surface area contributed by atoms with E-state index in [1.165, 1.54) is 11.8 Å². The number of aromatic nitrogens is 2. The van der Waals surface area contributed by atoms with Gasteiger partial charge in [-0.1, -0.05) is 30.3 Å². The van der Waals surface area contributed by atoms with Crippen LogP contribution in [-0.2, 0) is 22.7 Å². The van der Waals surface area contributed by atoms with Crippen molar-refractivity contribution in [1.82, 2.24) is 14.9 Å². The molecule has 234 valence electrons. The van der Waals surface area contributed by atoms with Crippen LogP contribution in [0.1, 0.15) is 31.2 Å². The number of thioether (sulfide) groups is 1. The lowest BCUT2D eigenvalue weighted by Crippen LogP contribution is -2.25. The number of carbonyl (C=O) groups is 2. The molecule has 0 radical (unpaired) electrons. The molecule has 3 heterocycles. The van der Waals surface area contributed by atoms with Gasteiger partial charge in [-0.3, -0.25) is 19.0 Å². The zero-order valence-corrected chi connectivity index (χ0v) is 25.4. The summed E-state index contributed by atoms with van der Waals surface area (Å²) in [4.78, 5) is 43.6. The van der Waals surface area contributed by atoms with Crippen molar-refractivity contribution in [2.45, 2.75) is 43.9 Å². The molecule has 4 aromatic rings. The molecule has 1 aromatic heterocycles. The van der Waals surface area contributed by atoms with Crippen LogP contribution in [0.2, 0.25) is 0 Å². The van der Waals surface area contributed by atoms with E-state index in [1.807, 2.05) is 18.2 Å². The van der Waals surface area contributed by atoms with E-state index in [0.717, 1.165) is 12.0 Å². The van der Waals surface area contributed by atoms with Crippen LogP contribution in [0.25, 0.3) is 10.9 Å². The van der Waals surface area contributed by atoms with Crippen LogP contribution in [0.5, 0.6) is 28.7 Å². The maximum absolute atomic E-state index is 13.6.